The molecule has 1 aromatic carbocycles. The molecule has 0 amide bonds. The van der Waals surface area contributed by atoms with Crippen molar-refractivity contribution in [2.45, 2.75) is 6.10 Å². The van der Waals surface area contributed by atoms with Gasteiger partial charge in [-0.25, -0.2) is 4.79 Å². The van der Waals surface area contributed by atoms with E-state index in [9.17, 15) is 9.90 Å². The fourth-order valence-corrected chi connectivity index (χ4v) is 1.19. The summed E-state index contributed by atoms with van der Waals surface area (Å²) in [5.74, 6) is -0.557. The van der Waals surface area contributed by atoms with Crippen LogP contribution in [-0.4, -0.2) is 30.4 Å². The van der Waals surface area contributed by atoms with Gasteiger partial charge in [-0.15, -0.1) is 0 Å². The van der Waals surface area contributed by atoms with Gasteiger partial charge in [0.15, 0.2) is 6.10 Å². The van der Waals surface area contributed by atoms with Crippen LogP contribution >= 0.6 is 0 Å². The Balaban J connectivity index is 3.16. The van der Waals surface area contributed by atoms with Crippen molar-refractivity contribution in [2.75, 3.05) is 14.2 Å². The SMILES string of the molecule is COc1ccc(OC)c(C(O)C(=O)O)c1. The maximum absolute atomic E-state index is 10.6. The summed E-state index contributed by atoms with van der Waals surface area (Å²) in [6, 6.07) is 4.59. The smallest absolute Gasteiger partial charge is 0.337 e. The van der Waals surface area contributed by atoms with Gasteiger partial charge >= 0.3 is 5.97 Å². The number of ether oxygens (including phenoxy) is 2. The Labute approximate surface area is 86.9 Å². The van der Waals surface area contributed by atoms with E-state index in [1.54, 1.807) is 12.1 Å². The normalized spacial score (nSPS) is 11.9. The van der Waals surface area contributed by atoms with Gasteiger partial charge in [0.2, 0.25) is 0 Å². The van der Waals surface area contributed by atoms with Crippen molar-refractivity contribution >= 4 is 5.97 Å². The predicted molar refractivity (Wildman–Crippen MR) is 52.1 cm³/mol. The van der Waals surface area contributed by atoms with Gasteiger partial charge in [0.05, 0.1) is 14.2 Å². The van der Waals surface area contributed by atoms with Gasteiger partial charge in [0.25, 0.3) is 0 Å². The van der Waals surface area contributed by atoms with E-state index >= 15 is 0 Å². The second-order valence-electron chi connectivity index (χ2n) is 2.85. The molecule has 2 N–H and O–H groups in total. The first kappa shape index (κ1) is 11.3. The Morgan fingerprint density at radius 3 is 2.47 bits per heavy atom. The molecule has 1 rings (SSSR count). The number of hydrogen-bond acceptors (Lipinski definition) is 4. The van der Waals surface area contributed by atoms with Gasteiger partial charge in [-0.05, 0) is 18.2 Å². The van der Waals surface area contributed by atoms with Crippen LogP contribution in [0.5, 0.6) is 11.5 Å². The molecule has 0 spiro atoms. The largest absolute Gasteiger partial charge is 0.497 e. The van der Waals surface area contributed by atoms with Gasteiger partial charge in [-0.2, -0.15) is 0 Å². The third kappa shape index (κ3) is 2.38. The minimum Gasteiger partial charge on any atom is -0.497 e. The first-order valence-electron chi connectivity index (χ1n) is 4.23. The van der Waals surface area contributed by atoms with E-state index in [-0.39, 0.29) is 5.56 Å². The lowest BCUT2D eigenvalue weighted by molar-refractivity contribution is -0.147. The molecule has 0 fully saturated rings. The van der Waals surface area contributed by atoms with Crippen molar-refractivity contribution in [1.29, 1.82) is 0 Å². The maximum Gasteiger partial charge on any atom is 0.337 e. The molecule has 0 aromatic heterocycles. The molecule has 1 aromatic rings. The molecule has 0 aliphatic carbocycles. The lowest BCUT2D eigenvalue weighted by Crippen LogP contribution is -2.11. The zero-order valence-corrected chi connectivity index (χ0v) is 8.43. The number of carboxylic acid groups (broad SMARTS) is 1. The molecule has 5 heteroatoms. The maximum atomic E-state index is 10.6. The topological polar surface area (TPSA) is 76.0 Å². The average Bonchev–Trinajstić information content (AvgIpc) is 2.27. The number of rotatable bonds is 4. The van der Waals surface area contributed by atoms with E-state index in [2.05, 4.69) is 0 Å². The second kappa shape index (κ2) is 4.65. The number of aliphatic hydroxyl groups excluding tert-OH is 1. The van der Waals surface area contributed by atoms with Crippen LogP contribution in [0.3, 0.4) is 0 Å². The Bertz CT molecular complexity index is 361. The van der Waals surface area contributed by atoms with Crippen LogP contribution in [-0.2, 0) is 4.79 Å². The molecule has 0 aliphatic heterocycles. The van der Waals surface area contributed by atoms with Gasteiger partial charge in [0.1, 0.15) is 11.5 Å². The number of hydrogen-bond donors (Lipinski definition) is 2. The van der Waals surface area contributed by atoms with Crippen molar-refractivity contribution in [2.24, 2.45) is 0 Å². The molecule has 15 heavy (non-hydrogen) atoms. The van der Waals surface area contributed by atoms with E-state index in [0.29, 0.717) is 11.5 Å². The third-order valence-corrected chi connectivity index (χ3v) is 1.97. The highest BCUT2D eigenvalue weighted by atomic mass is 16.5. The van der Waals surface area contributed by atoms with E-state index in [4.69, 9.17) is 14.6 Å². The number of methoxy groups -OCH3 is 2. The van der Waals surface area contributed by atoms with Crippen molar-refractivity contribution in [3.63, 3.8) is 0 Å². The van der Waals surface area contributed by atoms with Crippen molar-refractivity contribution < 1.29 is 24.5 Å². The Morgan fingerprint density at radius 2 is 2.00 bits per heavy atom. The van der Waals surface area contributed by atoms with Crippen molar-refractivity contribution in [3.05, 3.63) is 23.8 Å². The van der Waals surface area contributed by atoms with E-state index in [0.717, 1.165) is 0 Å². The summed E-state index contributed by atoms with van der Waals surface area (Å²) in [5.41, 5.74) is 0.171. The number of aliphatic carboxylic acids is 1. The summed E-state index contributed by atoms with van der Waals surface area (Å²) < 4.78 is 9.86. The average molecular weight is 212 g/mol. The fraction of sp³-hybridized carbons (Fsp3) is 0.300. The molecule has 0 radical (unpaired) electrons. The molecule has 0 aliphatic rings. The summed E-state index contributed by atoms with van der Waals surface area (Å²) in [5, 5.41) is 18.1. The van der Waals surface area contributed by atoms with Crippen molar-refractivity contribution in [1.82, 2.24) is 0 Å². The number of benzene rings is 1. The standard InChI is InChI=1S/C10H12O5/c1-14-6-3-4-8(15-2)7(5-6)9(11)10(12)13/h3-5,9,11H,1-2H3,(H,12,13). The molecule has 0 saturated heterocycles. The molecular formula is C10H12O5. The number of carboxylic acids is 1. The van der Waals surface area contributed by atoms with E-state index in [1.165, 1.54) is 20.3 Å². The monoisotopic (exact) mass is 212 g/mol. The zero-order valence-electron chi connectivity index (χ0n) is 8.43. The minimum absolute atomic E-state index is 0.171. The predicted octanol–water partition coefficient (Wildman–Crippen LogP) is 0.822. The fourth-order valence-electron chi connectivity index (χ4n) is 1.19. The molecule has 0 saturated carbocycles. The van der Waals surface area contributed by atoms with Gasteiger partial charge in [0, 0.05) is 5.56 Å². The van der Waals surface area contributed by atoms with Gasteiger partial charge in [-0.1, -0.05) is 0 Å². The quantitative estimate of drug-likeness (QED) is 0.772. The van der Waals surface area contributed by atoms with Crippen LogP contribution in [0.15, 0.2) is 18.2 Å². The van der Waals surface area contributed by atoms with Gasteiger partial charge in [-0.3, -0.25) is 0 Å². The van der Waals surface area contributed by atoms with Crippen LogP contribution in [0.2, 0.25) is 0 Å². The van der Waals surface area contributed by atoms with Crippen molar-refractivity contribution in [3.8, 4) is 11.5 Å². The molecule has 82 valence electrons. The zero-order chi connectivity index (χ0) is 11.4. The number of carbonyl (C=O) groups is 1. The second-order valence-corrected chi connectivity index (χ2v) is 2.85. The Morgan fingerprint density at radius 1 is 1.33 bits per heavy atom. The van der Waals surface area contributed by atoms with Crippen LogP contribution in [0.1, 0.15) is 11.7 Å². The third-order valence-electron chi connectivity index (χ3n) is 1.97. The first-order chi connectivity index (χ1) is 7.10. The highest BCUT2D eigenvalue weighted by Gasteiger charge is 2.20. The summed E-state index contributed by atoms with van der Waals surface area (Å²) in [6.07, 6.45) is -1.62. The van der Waals surface area contributed by atoms with E-state index in [1.807, 2.05) is 0 Å². The lowest BCUT2D eigenvalue weighted by Gasteiger charge is -2.12. The van der Waals surface area contributed by atoms with Crippen LogP contribution in [0, 0.1) is 0 Å². The first-order valence-corrected chi connectivity index (χ1v) is 4.23. The summed E-state index contributed by atoms with van der Waals surface area (Å²) in [4.78, 5) is 10.6. The van der Waals surface area contributed by atoms with Crippen LogP contribution in [0.25, 0.3) is 0 Å². The molecule has 0 heterocycles. The van der Waals surface area contributed by atoms with Crippen LogP contribution in [0.4, 0.5) is 0 Å². The number of aliphatic hydroxyl groups is 1. The van der Waals surface area contributed by atoms with Crippen LogP contribution < -0.4 is 9.47 Å². The molecule has 5 nitrogen and oxygen atoms in total. The Hall–Kier alpha value is -1.75. The minimum atomic E-state index is -1.62. The molecule has 1 unspecified atom stereocenters. The Kier molecular flexibility index (Phi) is 3.51. The lowest BCUT2D eigenvalue weighted by atomic mass is 10.1. The van der Waals surface area contributed by atoms with Gasteiger partial charge < -0.3 is 19.7 Å². The summed E-state index contributed by atoms with van der Waals surface area (Å²) in [7, 11) is 2.86. The molecular weight excluding hydrogens is 200 g/mol. The summed E-state index contributed by atoms with van der Waals surface area (Å²) >= 11 is 0. The summed E-state index contributed by atoms with van der Waals surface area (Å²) in [6.45, 7) is 0. The highest BCUT2D eigenvalue weighted by molar-refractivity contribution is 5.75. The highest BCUT2D eigenvalue weighted by Crippen LogP contribution is 2.29. The molecule has 0 bridgehead atoms. The van der Waals surface area contributed by atoms with E-state index < -0.39 is 12.1 Å². The molecule has 1 atom stereocenters.